The van der Waals surface area contributed by atoms with Gasteiger partial charge in [-0.25, -0.2) is 4.39 Å². The normalized spacial score (nSPS) is 9.58. The van der Waals surface area contributed by atoms with Crippen molar-refractivity contribution < 1.29 is 9.13 Å². The summed E-state index contributed by atoms with van der Waals surface area (Å²) >= 11 is 0. The fraction of sp³-hybridized carbons (Fsp3) is 0.400. The quantitative estimate of drug-likeness (QED) is 0.467. The molecule has 0 amide bonds. The second-order valence-corrected chi connectivity index (χ2v) is 1.97. The first-order valence-corrected chi connectivity index (χ1v) is 3.84. The molecule has 0 saturated heterocycles. The van der Waals surface area contributed by atoms with Gasteiger partial charge in [0.05, 0.1) is 7.11 Å². The van der Waals surface area contributed by atoms with Crippen LogP contribution in [0, 0.1) is 0 Å². The van der Waals surface area contributed by atoms with Crippen LogP contribution < -0.4 is 0 Å². The van der Waals surface area contributed by atoms with Crippen molar-refractivity contribution in [2.45, 2.75) is 20.8 Å². The van der Waals surface area contributed by atoms with Crippen molar-refractivity contribution in [3.63, 3.8) is 0 Å². The number of allylic oxidation sites excluding steroid dienone is 3. The molecule has 0 radical (unpaired) electrons. The van der Waals surface area contributed by atoms with E-state index < -0.39 is 5.83 Å². The second kappa shape index (κ2) is 8.05. The molecule has 2 heteroatoms. The van der Waals surface area contributed by atoms with E-state index in [0.717, 1.165) is 0 Å². The molecule has 0 rings (SSSR count). The van der Waals surface area contributed by atoms with Crippen LogP contribution in [0.4, 0.5) is 4.39 Å². The highest BCUT2D eigenvalue weighted by Gasteiger charge is 1.98. The van der Waals surface area contributed by atoms with E-state index in [1.165, 1.54) is 13.2 Å². The number of hydrogen-bond donors (Lipinski definition) is 0. The maximum absolute atomic E-state index is 12.6. The van der Waals surface area contributed by atoms with Gasteiger partial charge in [-0.2, -0.15) is 0 Å². The van der Waals surface area contributed by atoms with Crippen LogP contribution in [0.1, 0.15) is 20.8 Å². The zero-order valence-electron chi connectivity index (χ0n) is 8.28. The lowest BCUT2D eigenvalue weighted by atomic mass is 10.3. The fourth-order valence-electron chi connectivity index (χ4n) is 0.394. The Kier molecular flexibility index (Phi) is 9.08. The van der Waals surface area contributed by atoms with E-state index in [0.29, 0.717) is 5.57 Å². The molecule has 0 aliphatic rings. The second-order valence-electron chi connectivity index (χ2n) is 1.97. The van der Waals surface area contributed by atoms with Gasteiger partial charge in [-0.05, 0) is 13.0 Å². The standard InChI is InChI=1S/C8H11FO.C2H6/c1-6(2)5-8(9)7(3)10-4;1-2/h5H,1,3H2,2,4H3;1-2H3/b8-5+;. The Labute approximate surface area is 74.2 Å². The summed E-state index contributed by atoms with van der Waals surface area (Å²) < 4.78 is 17.2. The average Bonchev–Trinajstić information content (AvgIpc) is 2.05. The van der Waals surface area contributed by atoms with Gasteiger partial charge in [-0.3, -0.25) is 0 Å². The Morgan fingerprint density at radius 2 is 1.75 bits per heavy atom. The molecule has 0 heterocycles. The minimum atomic E-state index is -0.477. The Balaban J connectivity index is 0. The minimum Gasteiger partial charge on any atom is -0.494 e. The molecule has 0 spiro atoms. The number of hydrogen-bond acceptors (Lipinski definition) is 1. The van der Waals surface area contributed by atoms with Gasteiger partial charge in [0.1, 0.15) is 5.76 Å². The maximum atomic E-state index is 12.6. The third-order valence-corrected chi connectivity index (χ3v) is 0.886. The van der Waals surface area contributed by atoms with Crippen molar-refractivity contribution in [1.82, 2.24) is 0 Å². The van der Waals surface area contributed by atoms with Gasteiger partial charge in [0.15, 0.2) is 5.83 Å². The lowest BCUT2D eigenvalue weighted by molar-refractivity contribution is 0.285. The molecule has 0 aliphatic heterocycles. The Bertz CT molecular complexity index is 180. The molecule has 0 N–H and O–H groups in total. The Morgan fingerprint density at radius 3 is 2.00 bits per heavy atom. The lowest BCUT2D eigenvalue weighted by Crippen LogP contribution is -1.84. The summed E-state index contributed by atoms with van der Waals surface area (Å²) in [5.74, 6) is -0.446. The van der Waals surface area contributed by atoms with Gasteiger partial charge < -0.3 is 4.74 Å². The van der Waals surface area contributed by atoms with Gasteiger partial charge >= 0.3 is 0 Å². The molecule has 0 bridgehead atoms. The maximum Gasteiger partial charge on any atom is 0.164 e. The van der Waals surface area contributed by atoms with Gasteiger partial charge in [0.25, 0.3) is 0 Å². The van der Waals surface area contributed by atoms with Crippen LogP contribution in [-0.2, 0) is 4.74 Å². The molecule has 0 aliphatic carbocycles. The van der Waals surface area contributed by atoms with Crippen molar-refractivity contribution in [2.24, 2.45) is 0 Å². The molecule has 12 heavy (non-hydrogen) atoms. The van der Waals surface area contributed by atoms with Crippen LogP contribution in [-0.4, -0.2) is 7.11 Å². The summed E-state index contributed by atoms with van der Waals surface area (Å²) in [7, 11) is 1.37. The van der Waals surface area contributed by atoms with Crippen molar-refractivity contribution in [3.8, 4) is 0 Å². The first kappa shape index (κ1) is 13.5. The van der Waals surface area contributed by atoms with E-state index in [1.54, 1.807) is 6.92 Å². The highest BCUT2D eigenvalue weighted by Crippen LogP contribution is 2.11. The van der Waals surface area contributed by atoms with E-state index in [2.05, 4.69) is 17.9 Å². The fourth-order valence-corrected chi connectivity index (χ4v) is 0.394. The molecule has 0 aromatic rings. The highest BCUT2D eigenvalue weighted by atomic mass is 19.1. The summed E-state index contributed by atoms with van der Waals surface area (Å²) in [5.41, 5.74) is 0.635. The van der Waals surface area contributed by atoms with E-state index >= 15 is 0 Å². The van der Waals surface area contributed by atoms with Crippen LogP contribution in [0.25, 0.3) is 0 Å². The molecule has 70 valence electrons. The largest absolute Gasteiger partial charge is 0.494 e. The van der Waals surface area contributed by atoms with Crippen LogP contribution in [0.15, 0.2) is 36.4 Å². The molecular weight excluding hydrogens is 155 g/mol. The molecule has 0 fully saturated rings. The average molecular weight is 172 g/mol. The van der Waals surface area contributed by atoms with Crippen molar-refractivity contribution in [2.75, 3.05) is 7.11 Å². The lowest BCUT2D eigenvalue weighted by Gasteiger charge is -1.99. The summed E-state index contributed by atoms with van der Waals surface area (Å²) in [4.78, 5) is 0. The topological polar surface area (TPSA) is 9.23 Å². The van der Waals surface area contributed by atoms with Crippen molar-refractivity contribution in [3.05, 3.63) is 36.4 Å². The summed E-state index contributed by atoms with van der Waals surface area (Å²) in [6, 6.07) is 0. The molecular formula is C10H17FO. The highest BCUT2D eigenvalue weighted by molar-refractivity contribution is 5.24. The smallest absolute Gasteiger partial charge is 0.164 e. The van der Waals surface area contributed by atoms with E-state index in [1.807, 2.05) is 13.8 Å². The zero-order chi connectivity index (χ0) is 10.1. The monoisotopic (exact) mass is 172 g/mol. The minimum absolute atomic E-state index is 0.0306. The van der Waals surface area contributed by atoms with Gasteiger partial charge in [0, 0.05) is 0 Å². The molecule has 0 atom stereocenters. The summed E-state index contributed by atoms with van der Waals surface area (Å²) in [6.45, 7) is 12.5. The molecule has 0 aromatic carbocycles. The van der Waals surface area contributed by atoms with Crippen LogP contribution in [0.3, 0.4) is 0 Å². The van der Waals surface area contributed by atoms with Crippen LogP contribution in [0.2, 0.25) is 0 Å². The Hall–Kier alpha value is -1.05. The van der Waals surface area contributed by atoms with Gasteiger partial charge in [-0.1, -0.05) is 32.6 Å². The molecule has 0 aromatic heterocycles. The van der Waals surface area contributed by atoms with E-state index in [-0.39, 0.29) is 5.76 Å². The van der Waals surface area contributed by atoms with Crippen LogP contribution in [0.5, 0.6) is 0 Å². The molecule has 0 unspecified atom stereocenters. The van der Waals surface area contributed by atoms with Crippen LogP contribution >= 0.6 is 0 Å². The Morgan fingerprint density at radius 1 is 1.33 bits per heavy atom. The zero-order valence-corrected chi connectivity index (χ0v) is 8.28. The molecule has 0 saturated carbocycles. The van der Waals surface area contributed by atoms with Crippen molar-refractivity contribution >= 4 is 0 Å². The number of halogens is 1. The third kappa shape index (κ3) is 7.06. The summed E-state index contributed by atoms with van der Waals surface area (Å²) in [6.07, 6.45) is 1.27. The SMILES string of the molecule is C=C(C)/C=C(/F)C(=C)OC.CC. The number of methoxy groups -OCH3 is 1. The first-order chi connectivity index (χ1) is 5.57. The van der Waals surface area contributed by atoms with Gasteiger partial charge in [0.2, 0.25) is 0 Å². The predicted octanol–water partition coefficient (Wildman–Crippen LogP) is 3.60. The number of rotatable bonds is 3. The number of ether oxygens (including phenoxy) is 1. The first-order valence-electron chi connectivity index (χ1n) is 3.84. The predicted molar refractivity (Wildman–Crippen MR) is 51.5 cm³/mol. The van der Waals surface area contributed by atoms with E-state index in [4.69, 9.17) is 0 Å². The van der Waals surface area contributed by atoms with Gasteiger partial charge in [-0.15, -0.1) is 0 Å². The van der Waals surface area contributed by atoms with Crippen molar-refractivity contribution in [1.29, 1.82) is 0 Å². The summed E-state index contributed by atoms with van der Waals surface area (Å²) in [5, 5.41) is 0. The van der Waals surface area contributed by atoms with E-state index in [9.17, 15) is 4.39 Å². The molecule has 1 nitrogen and oxygen atoms in total. The third-order valence-electron chi connectivity index (χ3n) is 0.886.